The number of amides is 1. The third-order valence-electron chi connectivity index (χ3n) is 1.83. The molecule has 84 valence electrons. The molecular formula is C10H14BrNO2S. The molecule has 0 aliphatic heterocycles. The van der Waals surface area contributed by atoms with Gasteiger partial charge in [-0.05, 0) is 11.4 Å². The number of carbonyl (C=O) groups excluding carboxylic acids is 1. The normalized spacial score (nSPS) is 12.4. The molecule has 0 saturated carbocycles. The van der Waals surface area contributed by atoms with Crippen molar-refractivity contribution in [2.45, 2.75) is 12.5 Å². The predicted molar refractivity (Wildman–Crippen MR) is 65.6 cm³/mol. The Hall–Kier alpha value is -0.390. The highest BCUT2D eigenvalue weighted by Crippen LogP contribution is 2.09. The van der Waals surface area contributed by atoms with Crippen molar-refractivity contribution in [3.63, 3.8) is 0 Å². The topological polar surface area (TPSA) is 38.3 Å². The summed E-state index contributed by atoms with van der Waals surface area (Å²) >= 11 is 4.93. The van der Waals surface area contributed by atoms with Crippen molar-refractivity contribution in [1.82, 2.24) is 5.32 Å². The molecule has 0 aliphatic rings. The Morgan fingerprint density at radius 3 is 3.07 bits per heavy atom. The SMILES string of the molecule is COCC(CBr)NC(=O)Cc1cccs1. The van der Waals surface area contributed by atoms with Crippen molar-refractivity contribution in [3.05, 3.63) is 22.4 Å². The van der Waals surface area contributed by atoms with Crippen molar-refractivity contribution in [3.8, 4) is 0 Å². The van der Waals surface area contributed by atoms with Crippen LogP contribution in [0.3, 0.4) is 0 Å². The first kappa shape index (κ1) is 12.7. The minimum atomic E-state index is 0.0407. The molecule has 0 fully saturated rings. The molecular weight excluding hydrogens is 278 g/mol. The summed E-state index contributed by atoms with van der Waals surface area (Å²) in [7, 11) is 1.63. The van der Waals surface area contributed by atoms with Gasteiger partial charge in [-0.1, -0.05) is 22.0 Å². The Balaban J connectivity index is 2.34. The van der Waals surface area contributed by atoms with Crippen LogP contribution in [0, 0.1) is 0 Å². The van der Waals surface area contributed by atoms with Crippen LogP contribution in [0.1, 0.15) is 4.88 Å². The summed E-state index contributed by atoms with van der Waals surface area (Å²) in [6.07, 6.45) is 0.449. The van der Waals surface area contributed by atoms with Gasteiger partial charge in [-0.3, -0.25) is 4.79 Å². The van der Waals surface area contributed by atoms with E-state index in [2.05, 4.69) is 21.2 Å². The fourth-order valence-corrected chi connectivity index (χ4v) is 2.23. The highest BCUT2D eigenvalue weighted by atomic mass is 79.9. The largest absolute Gasteiger partial charge is 0.383 e. The fourth-order valence-electron chi connectivity index (χ4n) is 1.18. The zero-order valence-electron chi connectivity index (χ0n) is 8.53. The number of hydrogen-bond acceptors (Lipinski definition) is 3. The number of nitrogens with one attached hydrogen (secondary N) is 1. The number of methoxy groups -OCH3 is 1. The molecule has 0 saturated heterocycles. The summed E-state index contributed by atoms with van der Waals surface area (Å²) in [6, 6.07) is 3.95. The number of ether oxygens (including phenoxy) is 1. The number of alkyl halides is 1. The minimum absolute atomic E-state index is 0.0407. The molecule has 1 aromatic heterocycles. The van der Waals surface area contributed by atoms with Crippen molar-refractivity contribution in [2.24, 2.45) is 0 Å². The average Bonchev–Trinajstić information content (AvgIpc) is 2.69. The van der Waals surface area contributed by atoms with Gasteiger partial charge in [-0.15, -0.1) is 11.3 Å². The average molecular weight is 292 g/mol. The number of rotatable bonds is 6. The third kappa shape index (κ3) is 4.77. The summed E-state index contributed by atoms with van der Waals surface area (Å²) in [5.41, 5.74) is 0. The molecule has 0 aliphatic carbocycles. The zero-order chi connectivity index (χ0) is 11.1. The highest BCUT2D eigenvalue weighted by molar-refractivity contribution is 9.09. The van der Waals surface area contributed by atoms with Gasteiger partial charge >= 0.3 is 0 Å². The molecule has 1 unspecified atom stereocenters. The summed E-state index contributed by atoms with van der Waals surface area (Å²) in [5, 5.41) is 5.58. The van der Waals surface area contributed by atoms with Gasteiger partial charge in [-0.25, -0.2) is 0 Å². The van der Waals surface area contributed by atoms with Crippen LogP contribution in [0.15, 0.2) is 17.5 Å². The summed E-state index contributed by atoms with van der Waals surface area (Å²) in [4.78, 5) is 12.7. The van der Waals surface area contributed by atoms with Crippen molar-refractivity contribution in [1.29, 1.82) is 0 Å². The maximum absolute atomic E-state index is 11.6. The molecule has 5 heteroatoms. The van der Waals surface area contributed by atoms with Gasteiger partial charge in [0.05, 0.1) is 19.1 Å². The van der Waals surface area contributed by atoms with Crippen LogP contribution in [0.2, 0.25) is 0 Å². The molecule has 15 heavy (non-hydrogen) atoms. The smallest absolute Gasteiger partial charge is 0.225 e. The Morgan fingerprint density at radius 1 is 1.73 bits per heavy atom. The quantitative estimate of drug-likeness (QED) is 0.812. The van der Waals surface area contributed by atoms with Crippen LogP contribution in [-0.4, -0.2) is 31.0 Å². The zero-order valence-corrected chi connectivity index (χ0v) is 10.9. The maximum atomic E-state index is 11.6. The first-order chi connectivity index (χ1) is 7.26. The van der Waals surface area contributed by atoms with E-state index in [0.29, 0.717) is 18.4 Å². The lowest BCUT2D eigenvalue weighted by atomic mass is 10.3. The Bertz CT molecular complexity index is 290. The van der Waals surface area contributed by atoms with Crippen LogP contribution >= 0.6 is 27.3 Å². The van der Waals surface area contributed by atoms with Gasteiger partial charge < -0.3 is 10.1 Å². The van der Waals surface area contributed by atoms with E-state index in [4.69, 9.17) is 4.74 Å². The van der Waals surface area contributed by atoms with Crippen LogP contribution in [0.4, 0.5) is 0 Å². The van der Waals surface area contributed by atoms with E-state index in [0.717, 1.165) is 4.88 Å². The van der Waals surface area contributed by atoms with Crippen LogP contribution in [-0.2, 0) is 16.0 Å². The lowest BCUT2D eigenvalue weighted by Crippen LogP contribution is -2.39. The highest BCUT2D eigenvalue weighted by Gasteiger charge is 2.11. The van der Waals surface area contributed by atoms with Gasteiger partial charge in [0.15, 0.2) is 0 Å². The fraction of sp³-hybridized carbons (Fsp3) is 0.500. The van der Waals surface area contributed by atoms with Gasteiger partial charge in [0.25, 0.3) is 0 Å². The van der Waals surface area contributed by atoms with E-state index < -0.39 is 0 Å². The molecule has 0 spiro atoms. The summed E-state index contributed by atoms with van der Waals surface area (Å²) < 4.78 is 4.99. The van der Waals surface area contributed by atoms with Gasteiger partial charge in [-0.2, -0.15) is 0 Å². The molecule has 1 heterocycles. The van der Waals surface area contributed by atoms with Crippen LogP contribution in [0.25, 0.3) is 0 Å². The van der Waals surface area contributed by atoms with Gasteiger partial charge in [0, 0.05) is 17.3 Å². The predicted octanol–water partition coefficient (Wildman–Crippen LogP) is 1.82. The first-order valence-corrected chi connectivity index (χ1v) is 6.63. The number of thiophene rings is 1. The van der Waals surface area contributed by atoms with E-state index in [1.807, 2.05) is 17.5 Å². The number of hydrogen-bond donors (Lipinski definition) is 1. The van der Waals surface area contributed by atoms with E-state index in [1.54, 1.807) is 18.4 Å². The first-order valence-electron chi connectivity index (χ1n) is 4.63. The lowest BCUT2D eigenvalue weighted by molar-refractivity contribution is -0.121. The molecule has 1 rings (SSSR count). The third-order valence-corrected chi connectivity index (χ3v) is 3.49. The number of halogens is 1. The van der Waals surface area contributed by atoms with Crippen LogP contribution in [0.5, 0.6) is 0 Å². The lowest BCUT2D eigenvalue weighted by Gasteiger charge is -2.14. The second kappa shape index (κ2) is 6.98. The summed E-state index contributed by atoms with van der Waals surface area (Å²) in [6.45, 7) is 0.529. The van der Waals surface area contributed by atoms with Crippen molar-refractivity contribution in [2.75, 3.05) is 19.0 Å². The van der Waals surface area contributed by atoms with Crippen LogP contribution < -0.4 is 5.32 Å². The Morgan fingerprint density at radius 2 is 2.53 bits per heavy atom. The van der Waals surface area contributed by atoms with Crippen molar-refractivity contribution >= 4 is 33.2 Å². The monoisotopic (exact) mass is 291 g/mol. The maximum Gasteiger partial charge on any atom is 0.225 e. The molecule has 0 aromatic carbocycles. The Labute approximate surface area is 102 Å². The second-order valence-corrected chi connectivity index (χ2v) is 4.81. The minimum Gasteiger partial charge on any atom is -0.383 e. The molecule has 0 radical (unpaired) electrons. The molecule has 1 atom stereocenters. The van der Waals surface area contributed by atoms with Crippen molar-refractivity contribution < 1.29 is 9.53 Å². The van der Waals surface area contributed by atoms with Gasteiger partial charge in [0.2, 0.25) is 5.91 Å². The molecule has 1 N–H and O–H groups in total. The summed E-state index contributed by atoms with van der Waals surface area (Å²) in [5.74, 6) is 0.0407. The number of carbonyl (C=O) groups is 1. The van der Waals surface area contributed by atoms with Gasteiger partial charge in [0.1, 0.15) is 0 Å². The van der Waals surface area contributed by atoms with E-state index in [-0.39, 0.29) is 11.9 Å². The Kier molecular flexibility index (Phi) is 5.90. The van der Waals surface area contributed by atoms with E-state index in [1.165, 1.54) is 0 Å². The molecule has 1 amide bonds. The second-order valence-electron chi connectivity index (χ2n) is 3.13. The standard InChI is InChI=1S/C10H14BrNO2S/c1-14-7-8(6-11)12-10(13)5-9-3-2-4-15-9/h2-4,8H,5-7H2,1H3,(H,12,13). The van der Waals surface area contributed by atoms with E-state index in [9.17, 15) is 4.79 Å². The molecule has 1 aromatic rings. The van der Waals surface area contributed by atoms with E-state index >= 15 is 0 Å². The molecule has 0 bridgehead atoms. The molecule has 3 nitrogen and oxygen atoms in total.